The monoisotopic (exact) mass is 258 g/mol. The van der Waals surface area contributed by atoms with Crippen LogP contribution in [-0.2, 0) is 9.84 Å². The maximum absolute atomic E-state index is 12.4. The number of sulfone groups is 1. The quantitative estimate of drug-likeness (QED) is 0.828. The molecule has 0 amide bonds. The summed E-state index contributed by atoms with van der Waals surface area (Å²) < 4.78 is 24.7. The summed E-state index contributed by atoms with van der Waals surface area (Å²) >= 11 is 0. The Kier molecular flexibility index (Phi) is 2.71. The highest BCUT2D eigenvalue weighted by Gasteiger charge is 2.47. The summed E-state index contributed by atoms with van der Waals surface area (Å²) in [6.07, 6.45) is 0.691. The second-order valence-corrected chi connectivity index (χ2v) is 6.94. The van der Waals surface area contributed by atoms with Crippen molar-refractivity contribution in [3.05, 3.63) is 71.8 Å². The first kappa shape index (κ1) is 11.5. The predicted octanol–water partition coefficient (Wildman–Crippen LogP) is 3.29. The molecule has 2 nitrogen and oxygen atoms in total. The van der Waals surface area contributed by atoms with Crippen LogP contribution in [0, 0.1) is 0 Å². The zero-order chi connectivity index (χ0) is 12.6. The van der Waals surface area contributed by atoms with Gasteiger partial charge in [-0.15, -0.1) is 0 Å². The van der Waals surface area contributed by atoms with Crippen LogP contribution in [0.3, 0.4) is 0 Å². The number of rotatable bonds is 2. The van der Waals surface area contributed by atoms with Crippen molar-refractivity contribution in [3.8, 4) is 0 Å². The van der Waals surface area contributed by atoms with Crippen LogP contribution in [-0.4, -0.2) is 8.42 Å². The number of hydrogen-bond donors (Lipinski definition) is 0. The molecule has 0 saturated carbocycles. The van der Waals surface area contributed by atoms with Crippen molar-refractivity contribution in [2.45, 2.75) is 16.9 Å². The normalized spacial score (nSPS) is 25.3. The molecule has 3 heteroatoms. The van der Waals surface area contributed by atoms with E-state index >= 15 is 0 Å². The van der Waals surface area contributed by atoms with E-state index in [1.807, 2.05) is 60.7 Å². The molecule has 0 radical (unpaired) electrons. The highest BCUT2D eigenvalue weighted by atomic mass is 32.2. The summed E-state index contributed by atoms with van der Waals surface area (Å²) in [4.78, 5) is 0. The van der Waals surface area contributed by atoms with Gasteiger partial charge in [-0.1, -0.05) is 60.7 Å². The molecular formula is C15H14O2S. The second kappa shape index (κ2) is 4.25. The summed E-state index contributed by atoms with van der Waals surface area (Å²) in [5.41, 5.74) is 1.81. The second-order valence-electron chi connectivity index (χ2n) is 4.62. The molecule has 18 heavy (non-hydrogen) atoms. The molecule has 2 atom stereocenters. The van der Waals surface area contributed by atoms with Gasteiger partial charge in [0.2, 0.25) is 0 Å². The maximum Gasteiger partial charge on any atom is 0.164 e. The molecule has 3 rings (SSSR count). The maximum atomic E-state index is 12.4. The molecule has 0 unspecified atom stereocenters. The fraction of sp³-hybridized carbons (Fsp3) is 0.200. The van der Waals surface area contributed by atoms with E-state index in [2.05, 4.69) is 0 Å². The van der Waals surface area contributed by atoms with Gasteiger partial charge in [-0.05, 0) is 17.5 Å². The van der Waals surface area contributed by atoms with Crippen LogP contribution < -0.4 is 0 Å². The molecule has 0 aliphatic carbocycles. The van der Waals surface area contributed by atoms with E-state index in [-0.39, 0.29) is 10.5 Å². The Balaban J connectivity index is 1.90. The van der Waals surface area contributed by atoms with Gasteiger partial charge in [0.15, 0.2) is 9.84 Å². The summed E-state index contributed by atoms with van der Waals surface area (Å²) in [6.45, 7) is 0. The molecule has 92 valence electrons. The van der Waals surface area contributed by atoms with Gasteiger partial charge in [0.05, 0.1) is 10.5 Å². The van der Waals surface area contributed by atoms with Crippen LogP contribution in [0.2, 0.25) is 0 Å². The SMILES string of the molecule is O=S1(=O)[C@@H](c2ccccc2)C[C@@H]1c1ccccc1. The lowest BCUT2D eigenvalue weighted by Gasteiger charge is -2.35. The van der Waals surface area contributed by atoms with Crippen LogP contribution in [0.5, 0.6) is 0 Å². The predicted molar refractivity (Wildman–Crippen MR) is 71.9 cm³/mol. The van der Waals surface area contributed by atoms with Crippen molar-refractivity contribution in [2.24, 2.45) is 0 Å². The van der Waals surface area contributed by atoms with Gasteiger partial charge in [0, 0.05) is 0 Å². The Morgan fingerprint density at radius 3 is 1.44 bits per heavy atom. The summed E-state index contributed by atoms with van der Waals surface area (Å²) in [5.74, 6) is 0. The molecule has 1 aliphatic heterocycles. The third-order valence-corrected chi connectivity index (χ3v) is 6.08. The standard InChI is InChI=1S/C15H14O2S/c16-18(17)14(12-7-3-1-4-8-12)11-15(18)13-9-5-2-6-10-13/h1-10,14-15H,11H2/t14-,15-/m1/s1. The molecule has 2 aromatic carbocycles. The first-order valence-electron chi connectivity index (χ1n) is 6.02. The van der Waals surface area contributed by atoms with E-state index in [1.165, 1.54) is 0 Å². The van der Waals surface area contributed by atoms with Crippen LogP contribution in [0.25, 0.3) is 0 Å². The van der Waals surface area contributed by atoms with Crippen molar-refractivity contribution in [3.63, 3.8) is 0 Å². The molecule has 1 aliphatic rings. The highest BCUT2D eigenvalue weighted by Crippen LogP contribution is 2.50. The summed E-state index contributed by atoms with van der Waals surface area (Å²) in [6, 6.07) is 18.9. The van der Waals surface area contributed by atoms with E-state index in [9.17, 15) is 8.42 Å². The van der Waals surface area contributed by atoms with Gasteiger partial charge in [-0.2, -0.15) is 0 Å². The van der Waals surface area contributed by atoms with Crippen molar-refractivity contribution in [1.29, 1.82) is 0 Å². The van der Waals surface area contributed by atoms with Gasteiger partial charge in [0.1, 0.15) is 0 Å². The average molecular weight is 258 g/mol. The largest absolute Gasteiger partial charge is 0.228 e. The lowest BCUT2D eigenvalue weighted by atomic mass is 10.0. The Bertz CT molecular complexity index is 581. The molecule has 1 saturated heterocycles. The molecular weight excluding hydrogens is 244 g/mol. The van der Waals surface area contributed by atoms with Crippen molar-refractivity contribution >= 4 is 9.84 Å². The molecule has 1 heterocycles. The Morgan fingerprint density at radius 1 is 0.722 bits per heavy atom. The molecule has 0 bridgehead atoms. The topological polar surface area (TPSA) is 34.1 Å². The molecule has 1 fully saturated rings. The molecule has 2 aromatic rings. The van der Waals surface area contributed by atoms with E-state index in [1.54, 1.807) is 0 Å². The third kappa shape index (κ3) is 1.75. The number of benzene rings is 2. The molecule has 0 N–H and O–H groups in total. The van der Waals surface area contributed by atoms with Gasteiger partial charge in [0.25, 0.3) is 0 Å². The first-order chi connectivity index (χ1) is 8.69. The van der Waals surface area contributed by atoms with Gasteiger partial charge in [-0.25, -0.2) is 8.42 Å². The zero-order valence-corrected chi connectivity index (χ0v) is 10.7. The average Bonchev–Trinajstić information content (AvgIpc) is 2.40. The van der Waals surface area contributed by atoms with E-state index in [0.29, 0.717) is 6.42 Å². The summed E-state index contributed by atoms with van der Waals surface area (Å²) in [5, 5.41) is -0.659. The first-order valence-corrected chi connectivity index (χ1v) is 7.63. The van der Waals surface area contributed by atoms with Gasteiger partial charge in [-0.3, -0.25) is 0 Å². The fourth-order valence-corrected chi connectivity index (χ4v) is 4.56. The lowest BCUT2D eigenvalue weighted by Crippen LogP contribution is -2.33. The van der Waals surface area contributed by atoms with Crippen molar-refractivity contribution < 1.29 is 8.42 Å². The van der Waals surface area contributed by atoms with Crippen molar-refractivity contribution in [2.75, 3.05) is 0 Å². The highest BCUT2D eigenvalue weighted by molar-refractivity contribution is 7.93. The van der Waals surface area contributed by atoms with Gasteiger partial charge < -0.3 is 0 Å². The Labute approximate surface area is 107 Å². The lowest BCUT2D eigenvalue weighted by molar-refractivity contribution is 0.516. The van der Waals surface area contributed by atoms with Crippen molar-refractivity contribution in [1.82, 2.24) is 0 Å². The number of hydrogen-bond acceptors (Lipinski definition) is 2. The summed E-state index contributed by atoms with van der Waals surface area (Å²) in [7, 11) is -3.07. The smallest absolute Gasteiger partial charge is 0.164 e. The fourth-order valence-electron chi connectivity index (χ4n) is 2.53. The van der Waals surface area contributed by atoms with Crippen LogP contribution >= 0.6 is 0 Å². The molecule has 0 spiro atoms. The van der Waals surface area contributed by atoms with E-state index in [0.717, 1.165) is 11.1 Å². The van der Waals surface area contributed by atoms with Crippen LogP contribution in [0.15, 0.2) is 60.7 Å². The third-order valence-electron chi connectivity index (χ3n) is 3.56. The minimum atomic E-state index is -3.07. The van der Waals surface area contributed by atoms with Gasteiger partial charge >= 0.3 is 0 Å². The minimum Gasteiger partial charge on any atom is -0.228 e. The van der Waals surface area contributed by atoms with Crippen LogP contribution in [0.4, 0.5) is 0 Å². The minimum absolute atomic E-state index is 0.330. The van der Waals surface area contributed by atoms with E-state index < -0.39 is 9.84 Å². The van der Waals surface area contributed by atoms with Crippen LogP contribution in [0.1, 0.15) is 28.0 Å². The zero-order valence-electron chi connectivity index (χ0n) is 9.86. The van der Waals surface area contributed by atoms with E-state index in [4.69, 9.17) is 0 Å². The Hall–Kier alpha value is -1.61. The Morgan fingerprint density at radius 2 is 1.11 bits per heavy atom. The molecule has 0 aromatic heterocycles.